The molecule has 2 aliphatic heterocycles. The highest BCUT2D eigenvalue weighted by Crippen LogP contribution is 2.53. The summed E-state index contributed by atoms with van der Waals surface area (Å²) in [6.07, 6.45) is -3.20. The Morgan fingerprint density at radius 3 is 2.38 bits per heavy atom. The number of piperidine rings is 1. The molecule has 2 aliphatic carbocycles. The van der Waals surface area contributed by atoms with Crippen LogP contribution in [0.25, 0.3) is 0 Å². The molecule has 0 amide bonds. The monoisotopic (exact) mass is 627 g/mol. The average molecular weight is 628 g/mol. The largest absolute Gasteiger partial charge is 0.507 e. The highest BCUT2D eigenvalue weighted by atomic mass is 16.7. The number of ketones is 2. The number of methoxy groups -OCH3 is 2. The van der Waals surface area contributed by atoms with Gasteiger partial charge in [0.15, 0.2) is 12.1 Å². The van der Waals surface area contributed by atoms with E-state index in [9.17, 15) is 35.1 Å². The second-order valence-electron chi connectivity index (χ2n) is 12.7. The summed E-state index contributed by atoms with van der Waals surface area (Å²) in [6, 6.07) is 4.22. The van der Waals surface area contributed by atoms with E-state index in [2.05, 4.69) is 4.90 Å². The number of ether oxygens (including phenoxy) is 4. The first-order valence-electron chi connectivity index (χ1n) is 15.4. The molecule has 12 heteroatoms. The van der Waals surface area contributed by atoms with Crippen LogP contribution >= 0.6 is 0 Å². The zero-order valence-electron chi connectivity index (χ0n) is 25.9. The van der Waals surface area contributed by atoms with Crippen LogP contribution in [0.3, 0.4) is 0 Å². The third-order valence-corrected chi connectivity index (χ3v) is 10.2. The number of fused-ring (bicyclic) bond motifs is 3. The first kappa shape index (κ1) is 31.9. The molecule has 5 N–H and O–H groups in total. The van der Waals surface area contributed by atoms with Gasteiger partial charge in [-0.3, -0.25) is 14.5 Å². The molecule has 3 unspecified atom stereocenters. The number of hydrogen-bond acceptors (Lipinski definition) is 12. The quantitative estimate of drug-likeness (QED) is 0.252. The van der Waals surface area contributed by atoms with Crippen molar-refractivity contribution < 1.29 is 54.1 Å². The van der Waals surface area contributed by atoms with E-state index in [0.717, 1.165) is 25.9 Å². The fourth-order valence-electron chi connectivity index (χ4n) is 7.48. The number of nitrogens with zero attached hydrogens (tertiary/aromatic N) is 1. The lowest BCUT2D eigenvalue weighted by Crippen LogP contribution is -2.57. The molecule has 7 atom stereocenters. The summed E-state index contributed by atoms with van der Waals surface area (Å²) in [4.78, 5) is 29.7. The number of aliphatic hydroxyl groups is 3. The van der Waals surface area contributed by atoms with Gasteiger partial charge in [0.25, 0.3) is 0 Å². The Bertz CT molecular complexity index is 1500. The van der Waals surface area contributed by atoms with Crippen LogP contribution in [0.15, 0.2) is 18.2 Å². The number of phenolic OH excluding ortho intramolecular Hbond substituents is 2. The summed E-state index contributed by atoms with van der Waals surface area (Å²) in [6.45, 7) is 4.58. The van der Waals surface area contributed by atoms with Crippen molar-refractivity contribution in [3.63, 3.8) is 0 Å². The highest BCUT2D eigenvalue weighted by molar-refractivity contribution is 6.31. The zero-order chi connectivity index (χ0) is 32.4. The van der Waals surface area contributed by atoms with Crippen molar-refractivity contribution in [3.8, 4) is 17.2 Å². The number of aromatic hydroxyl groups is 2. The summed E-state index contributed by atoms with van der Waals surface area (Å²) in [5.74, 6) is -2.35. The molecule has 0 bridgehead atoms. The van der Waals surface area contributed by atoms with E-state index in [1.54, 1.807) is 20.1 Å². The predicted molar refractivity (Wildman–Crippen MR) is 159 cm³/mol. The summed E-state index contributed by atoms with van der Waals surface area (Å²) in [5, 5.41) is 56.6. The first-order valence-corrected chi connectivity index (χ1v) is 15.4. The summed E-state index contributed by atoms with van der Waals surface area (Å²) >= 11 is 0. The van der Waals surface area contributed by atoms with Crippen LogP contribution < -0.4 is 4.74 Å². The normalized spacial score (nSPS) is 31.2. The molecule has 2 fully saturated rings. The third-order valence-electron chi connectivity index (χ3n) is 10.2. The second kappa shape index (κ2) is 11.9. The van der Waals surface area contributed by atoms with Crippen molar-refractivity contribution in [2.24, 2.45) is 0 Å². The van der Waals surface area contributed by atoms with Gasteiger partial charge in [0, 0.05) is 62.2 Å². The molecule has 0 spiro atoms. The summed E-state index contributed by atoms with van der Waals surface area (Å²) in [7, 11) is 3.05. The molecule has 2 saturated heterocycles. The molecule has 45 heavy (non-hydrogen) atoms. The molecule has 0 radical (unpaired) electrons. The van der Waals surface area contributed by atoms with E-state index >= 15 is 0 Å². The maximum Gasteiger partial charge on any atom is 0.202 e. The van der Waals surface area contributed by atoms with Gasteiger partial charge in [-0.15, -0.1) is 0 Å². The van der Waals surface area contributed by atoms with Gasteiger partial charge in [-0.25, -0.2) is 0 Å². The van der Waals surface area contributed by atoms with E-state index < -0.39 is 59.4 Å². The number of likely N-dealkylation sites (tertiary alicyclic amines) is 1. The minimum atomic E-state index is -1.81. The van der Waals surface area contributed by atoms with Crippen LogP contribution in [-0.2, 0) is 20.6 Å². The van der Waals surface area contributed by atoms with Gasteiger partial charge in [0.2, 0.25) is 5.78 Å². The van der Waals surface area contributed by atoms with E-state index in [4.69, 9.17) is 18.9 Å². The van der Waals surface area contributed by atoms with Crippen LogP contribution in [-0.4, -0.2) is 112 Å². The lowest BCUT2D eigenvalue weighted by molar-refractivity contribution is -0.262. The lowest BCUT2D eigenvalue weighted by Gasteiger charge is -2.47. The molecule has 6 rings (SSSR count). The van der Waals surface area contributed by atoms with Gasteiger partial charge in [0.05, 0.1) is 59.9 Å². The van der Waals surface area contributed by atoms with Gasteiger partial charge in [-0.1, -0.05) is 12.1 Å². The van der Waals surface area contributed by atoms with Gasteiger partial charge in [-0.2, -0.15) is 0 Å². The van der Waals surface area contributed by atoms with Crippen molar-refractivity contribution >= 4 is 11.6 Å². The minimum absolute atomic E-state index is 0.000441. The van der Waals surface area contributed by atoms with E-state index in [0.29, 0.717) is 0 Å². The number of aliphatic hydroxyl groups excluding tert-OH is 2. The predicted octanol–water partition coefficient (Wildman–Crippen LogP) is 1.97. The Hall–Kier alpha value is -3.10. The highest BCUT2D eigenvalue weighted by Gasteiger charge is 2.50. The molecule has 0 saturated carbocycles. The molecule has 244 valence electrons. The van der Waals surface area contributed by atoms with Crippen LogP contribution in [0.4, 0.5) is 0 Å². The fourth-order valence-corrected chi connectivity index (χ4v) is 7.48. The van der Waals surface area contributed by atoms with Crippen LogP contribution in [0.5, 0.6) is 17.2 Å². The molecular formula is C33H41NO11. The van der Waals surface area contributed by atoms with Crippen molar-refractivity contribution in [3.05, 3.63) is 51.6 Å². The molecule has 4 aliphatic rings. The van der Waals surface area contributed by atoms with E-state index in [-0.39, 0.29) is 70.5 Å². The van der Waals surface area contributed by atoms with Crippen molar-refractivity contribution in [2.75, 3.05) is 27.3 Å². The Balaban J connectivity index is 1.40. The lowest BCUT2D eigenvalue weighted by atomic mass is 9.71. The number of carbonyl (C=O) groups excluding carboxylic acids is 2. The summed E-state index contributed by atoms with van der Waals surface area (Å²) < 4.78 is 23.3. The maximum absolute atomic E-state index is 13.9. The zero-order valence-corrected chi connectivity index (χ0v) is 25.9. The molecule has 2 heterocycles. The molecule has 12 nitrogen and oxygen atoms in total. The average Bonchev–Trinajstić information content (AvgIpc) is 3.02. The molecule has 2 aromatic carbocycles. The number of phenols is 2. The Labute approximate surface area is 261 Å². The second-order valence-corrected chi connectivity index (χ2v) is 12.7. The smallest absolute Gasteiger partial charge is 0.202 e. The van der Waals surface area contributed by atoms with Crippen molar-refractivity contribution in [2.45, 2.75) is 94.4 Å². The molecule has 0 aromatic heterocycles. The minimum Gasteiger partial charge on any atom is -0.507 e. The summed E-state index contributed by atoms with van der Waals surface area (Å²) in [5.41, 5.74) is -2.54. The SMILES string of the molecule is COc1cccc2c1C(=O)c1c(O)c3c(c(O)c1C2=O)CC(O)(C(C)O)CC3O[C@H]1C[C@H](N2CCC(OC)CC2)[C@H](O)[C@H](C)O1. The van der Waals surface area contributed by atoms with E-state index in [1.807, 2.05) is 0 Å². The van der Waals surface area contributed by atoms with E-state index in [1.165, 1.54) is 26.2 Å². The Morgan fingerprint density at radius 1 is 1.04 bits per heavy atom. The molecule has 2 aromatic rings. The van der Waals surface area contributed by atoms with Gasteiger partial charge < -0.3 is 44.5 Å². The maximum atomic E-state index is 13.9. The van der Waals surface area contributed by atoms with Crippen LogP contribution in [0.1, 0.15) is 88.6 Å². The topological polar surface area (TPSA) is 175 Å². The van der Waals surface area contributed by atoms with Gasteiger partial charge in [0.1, 0.15) is 17.2 Å². The van der Waals surface area contributed by atoms with Gasteiger partial charge in [-0.05, 0) is 32.8 Å². The Kier molecular flexibility index (Phi) is 8.44. The molecular weight excluding hydrogens is 586 g/mol. The van der Waals surface area contributed by atoms with Crippen LogP contribution in [0.2, 0.25) is 0 Å². The van der Waals surface area contributed by atoms with Crippen molar-refractivity contribution in [1.82, 2.24) is 4.90 Å². The first-order chi connectivity index (χ1) is 21.4. The number of carbonyl (C=O) groups is 2. The number of rotatable bonds is 6. The number of hydrogen-bond donors (Lipinski definition) is 5. The fraction of sp³-hybridized carbons (Fsp3) is 0.576. The standard InChI is InChI=1S/C33H41NO11/c1-15-28(36)20(34-10-8-17(42-3)9-11-34)12-23(44-15)45-22-14-33(41,16(2)35)13-19-25(22)32(40)27-26(30(19)38)29(37)18-6-5-7-21(43-4)24(18)31(27)39/h5-7,15-17,20,22-23,28,35-36,38,40-41H,8-14H2,1-4H3/t15-,16?,20-,22?,23-,28+,33?/m0/s1. The van der Waals surface area contributed by atoms with Gasteiger partial charge >= 0.3 is 0 Å². The van der Waals surface area contributed by atoms with Crippen molar-refractivity contribution in [1.29, 1.82) is 0 Å². The van der Waals surface area contributed by atoms with Crippen LogP contribution in [0, 0.1) is 0 Å². The number of benzene rings is 2. The third kappa shape index (κ3) is 5.22. The Morgan fingerprint density at radius 2 is 1.73 bits per heavy atom.